The van der Waals surface area contributed by atoms with E-state index in [4.69, 9.17) is 0 Å². The zero-order valence-corrected chi connectivity index (χ0v) is 11.3. The standard InChI is InChI=1S/C17H15NO3/c19-16(14-10-12-8-4-5-9-13(12)14)18-15(17(20)21)11-6-2-1-3-7-11/h1-9,14-15H,10H2,(H,18,19)(H,20,21). The average Bonchev–Trinajstić information content (AvgIpc) is 2.46. The van der Waals surface area contributed by atoms with Crippen LogP contribution in [0.15, 0.2) is 54.6 Å². The van der Waals surface area contributed by atoms with Crippen molar-refractivity contribution >= 4 is 11.9 Å². The smallest absolute Gasteiger partial charge is 0.330 e. The Labute approximate surface area is 122 Å². The van der Waals surface area contributed by atoms with E-state index in [1.807, 2.05) is 30.3 Å². The molecule has 2 N–H and O–H groups in total. The number of carbonyl (C=O) groups excluding carboxylic acids is 1. The van der Waals surface area contributed by atoms with Crippen molar-refractivity contribution in [1.29, 1.82) is 0 Å². The summed E-state index contributed by atoms with van der Waals surface area (Å²) in [5.41, 5.74) is 2.72. The van der Waals surface area contributed by atoms with Crippen LogP contribution in [0.4, 0.5) is 0 Å². The molecule has 0 fully saturated rings. The molecular weight excluding hydrogens is 266 g/mol. The normalized spacial score (nSPS) is 17.2. The lowest BCUT2D eigenvalue weighted by Gasteiger charge is -2.30. The number of carboxylic acid groups (broad SMARTS) is 1. The third-order valence-electron chi connectivity index (χ3n) is 3.84. The lowest BCUT2D eigenvalue weighted by Crippen LogP contribution is -2.40. The van der Waals surface area contributed by atoms with Gasteiger partial charge in [-0.25, -0.2) is 4.79 Å². The van der Waals surface area contributed by atoms with Crippen molar-refractivity contribution in [3.63, 3.8) is 0 Å². The van der Waals surface area contributed by atoms with Crippen molar-refractivity contribution in [2.45, 2.75) is 18.4 Å². The number of hydrogen-bond donors (Lipinski definition) is 2. The summed E-state index contributed by atoms with van der Waals surface area (Å²) >= 11 is 0. The van der Waals surface area contributed by atoms with Gasteiger partial charge in [0.15, 0.2) is 6.04 Å². The van der Waals surface area contributed by atoms with E-state index in [9.17, 15) is 14.7 Å². The molecule has 2 atom stereocenters. The van der Waals surface area contributed by atoms with Crippen LogP contribution < -0.4 is 5.32 Å². The summed E-state index contributed by atoms with van der Waals surface area (Å²) in [6.07, 6.45) is 0.670. The van der Waals surface area contributed by atoms with Crippen molar-refractivity contribution in [2.75, 3.05) is 0 Å². The van der Waals surface area contributed by atoms with Crippen LogP contribution in [0.25, 0.3) is 0 Å². The Morgan fingerprint density at radius 2 is 1.71 bits per heavy atom. The van der Waals surface area contributed by atoms with Gasteiger partial charge in [-0.05, 0) is 23.1 Å². The van der Waals surface area contributed by atoms with Gasteiger partial charge in [0.2, 0.25) is 5.91 Å². The molecule has 0 aliphatic heterocycles. The fourth-order valence-electron chi connectivity index (χ4n) is 2.67. The largest absolute Gasteiger partial charge is 0.479 e. The Bertz CT molecular complexity index is 681. The SMILES string of the molecule is O=C(NC(C(=O)O)c1ccccc1)C1Cc2ccccc21. The van der Waals surface area contributed by atoms with E-state index in [0.29, 0.717) is 12.0 Å². The van der Waals surface area contributed by atoms with Crippen LogP contribution in [0, 0.1) is 0 Å². The lowest BCUT2D eigenvalue weighted by atomic mass is 9.77. The summed E-state index contributed by atoms with van der Waals surface area (Å²) in [4.78, 5) is 23.7. The van der Waals surface area contributed by atoms with Gasteiger partial charge in [-0.3, -0.25) is 4.79 Å². The Balaban J connectivity index is 1.76. The minimum absolute atomic E-state index is 0.232. The van der Waals surface area contributed by atoms with E-state index >= 15 is 0 Å². The van der Waals surface area contributed by atoms with Crippen LogP contribution >= 0.6 is 0 Å². The Morgan fingerprint density at radius 1 is 1.05 bits per heavy atom. The number of amides is 1. The third-order valence-corrected chi connectivity index (χ3v) is 3.84. The first-order valence-electron chi connectivity index (χ1n) is 6.83. The van der Waals surface area contributed by atoms with Crippen LogP contribution in [-0.4, -0.2) is 17.0 Å². The number of rotatable bonds is 4. The second-order valence-electron chi connectivity index (χ2n) is 5.15. The highest BCUT2D eigenvalue weighted by atomic mass is 16.4. The first-order valence-corrected chi connectivity index (χ1v) is 6.83. The first kappa shape index (κ1) is 13.4. The van der Waals surface area contributed by atoms with Crippen molar-refractivity contribution in [3.8, 4) is 0 Å². The molecule has 1 aliphatic rings. The molecule has 2 unspecified atom stereocenters. The number of carboxylic acids is 1. The average molecular weight is 281 g/mol. The van der Waals surface area contributed by atoms with Gasteiger partial charge in [-0.1, -0.05) is 54.6 Å². The summed E-state index contributed by atoms with van der Waals surface area (Å²) in [7, 11) is 0. The molecule has 2 aromatic rings. The fraction of sp³-hybridized carbons (Fsp3) is 0.176. The molecule has 4 heteroatoms. The maximum absolute atomic E-state index is 12.3. The van der Waals surface area contributed by atoms with Gasteiger partial charge >= 0.3 is 5.97 Å². The van der Waals surface area contributed by atoms with Crippen molar-refractivity contribution in [1.82, 2.24) is 5.32 Å². The van der Waals surface area contributed by atoms with E-state index in [1.165, 1.54) is 0 Å². The Morgan fingerprint density at radius 3 is 2.38 bits per heavy atom. The quantitative estimate of drug-likeness (QED) is 0.903. The van der Waals surface area contributed by atoms with Crippen LogP contribution in [-0.2, 0) is 16.0 Å². The summed E-state index contributed by atoms with van der Waals surface area (Å²) in [5, 5.41) is 12.0. The molecule has 21 heavy (non-hydrogen) atoms. The van der Waals surface area contributed by atoms with E-state index in [0.717, 1.165) is 11.1 Å². The first-order chi connectivity index (χ1) is 10.2. The summed E-state index contributed by atoms with van der Waals surface area (Å²) in [5.74, 6) is -1.53. The Hall–Kier alpha value is -2.62. The predicted molar refractivity (Wildman–Crippen MR) is 77.8 cm³/mol. The van der Waals surface area contributed by atoms with E-state index < -0.39 is 12.0 Å². The van der Waals surface area contributed by atoms with Gasteiger partial charge in [-0.2, -0.15) is 0 Å². The molecule has 1 amide bonds. The Kier molecular flexibility index (Phi) is 3.44. The molecule has 106 valence electrons. The van der Waals surface area contributed by atoms with Crippen molar-refractivity contribution < 1.29 is 14.7 Å². The fourth-order valence-corrected chi connectivity index (χ4v) is 2.67. The number of nitrogens with one attached hydrogen (secondary N) is 1. The minimum atomic E-state index is -1.05. The summed E-state index contributed by atoms with van der Waals surface area (Å²) in [6, 6.07) is 15.5. The van der Waals surface area contributed by atoms with Crippen molar-refractivity contribution in [2.24, 2.45) is 0 Å². The van der Waals surface area contributed by atoms with Crippen molar-refractivity contribution in [3.05, 3.63) is 71.3 Å². The molecule has 3 rings (SSSR count). The predicted octanol–water partition coefficient (Wildman–Crippen LogP) is 2.27. The molecule has 0 heterocycles. The van der Waals surface area contributed by atoms with Gasteiger partial charge in [0, 0.05) is 0 Å². The number of aliphatic carboxylic acids is 1. The number of benzene rings is 2. The van der Waals surface area contributed by atoms with Gasteiger partial charge in [0.05, 0.1) is 5.92 Å². The van der Waals surface area contributed by atoms with Crippen LogP contribution in [0.3, 0.4) is 0 Å². The highest BCUT2D eigenvalue weighted by Crippen LogP contribution is 2.35. The molecule has 4 nitrogen and oxygen atoms in total. The highest BCUT2D eigenvalue weighted by Gasteiger charge is 2.34. The van der Waals surface area contributed by atoms with Crippen LogP contribution in [0.2, 0.25) is 0 Å². The summed E-state index contributed by atoms with van der Waals surface area (Å²) in [6.45, 7) is 0. The molecule has 0 radical (unpaired) electrons. The maximum Gasteiger partial charge on any atom is 0.330 e. The van der Waals surface area contributed by atoms with Gasteiger partial charge < -0.3 is 10.4 Å². The molecule has 1 aliphatic carbocycles. The minimum Gasteiger partial charge on any atom is -0.479 e. The van der Waals surface area contributed by atoms with Crippen LogP contribution in [0.1, 0.15) is 28.7 Å². The van der Waals surface area contributed by atoms with E-state index in [2.05, 4.69) is 5.32 Å². The summed E-state index contributed by atoms with van der Waals surface area (Å²) < 4.78 is 0. The monoisotopic (exact) mass is 281 g/mol. The molecule has 0 spiro atoms. The molecule has 0 bridgehead atoms. The molecule has 0 aromatic heterocycles. The zero-order valence-electron chi connectivity index (χ0n) is 11.3. The van der Waals surface area contributed by atoms with E-state index in [-0.39, 0.29) is 11.8 Å². The van der Waals surface area contributed by atoms with E-state index in [1.54, 1.807) is 24.3 Å². The number of hydrogen-bond acceptors (Lipinski definition) is 2. The van der Waals surface area contributed by atoms with Gasteiger partial charge in [0.25, 0.3) is 0 Å². The topological polar surface area (TPSA) is 66.4 Å². The maximum atomic E-state index is 12.3. The lowest BCUT2D eigenvalue weighted by molar-refractivity contribution is -0.142. The molecule has 0 saturated carbocycles. The second-order valence-corrected chi connectivity index (χ2v) is 5.15. The second kappa shape index (κ2) is 5.40. The zero-order chi connectivity index (χ0) is 14.8. The number of carbonyl (C=O) groups is 2. The van der Waals surface area contributed by atoms with Gasteiger partial charge in [0.1, 0.15) is 0 Å². The molecular formula is C17H15NO3. The molecule has 0 saturated heterocycles. The molecule has 2 aromatic carbocycles. The highest BCUT2D eigenvalue weighted by molar-refractivity contribution is 5.90. The number of fused-ring (bicyclic) bond motifs is 1. The van der Waals surface area contributed by atoms with Crippen LogP contribution in [0.5, 0.6) is 0 Å². The van der Waals surface area contributed by atoms with Gasteiger partial charge in [-0.15, -0.1) is 0 Å². The third kappa shape index (κ3) is 2.52.